The quantitative estimate of drug-likeness (QED) is 0.822. The van der Waals surface area contributed by atoms with E-state index in [-0.39, 0.29) is 23.4 Å². The van der Waals surface area contributed by atoms with Crippen molar-refractivity contribution >= 4 is 15.9 Å². The van der Waals surface area contributed by atoms with Gasteiger partial charge in [0, 0.05) is 37.8 Å². The van der Waals surface area contributed by atoms with Crippen LogP contribution in [0.15, 0.2) is 53.4 Å². The van der Waals surface area contributed by atoms with Crippen LogP contribution in [-0.4, -0.2) is 44.9 Å². The summed E-state index contributed by atoms with van der Waals surface area (Å²) in [4.78, 5) is 14.8. The van der Waals surface area contributed by atoms with Gasteiger partial charge >= 0.3 is 0 Å². The molecule has 2 aromatic rings. The number of sulfonamides is 1. The van der Waals surface area contributed by atoms with E-state index in [4.69, 9.17) is 0 Å². The second-order valence-electron chi connectivity index (χ2n) is 6.84. The summed E-state index contributed by atoms with van der Waals surface area (Å²) in [5.74, 6) is -0.136. The molecule has 1 amide bonds. The Morgan fingerprint density at radius 1 is 1.22 bits per heavy atom. The summed E-state index contributed by atoms with van der Waals surface area (Å²) < 4.78 is 28.2. The topological polar surface area (TPSA) is 78.5 Å². The summed E-state index contributed by atoms with van der Waals surface area (Å²) in [6.45, 7) is 6.01. The van der Waals surface area contributed by atoms with Crippen LogP contribution in [0.5, 0.6) is 0 Å². The number of aryl methyl sites for hydroxylation is 1. The Labute approximate surface area is 160 Å². The third kappa shape index (κ3) is 4.55. The van der Waals surface area contributed by atoms with Crippen molar-refractivity contribution in [2.75, 3.05) is 19.6 Å². The largest absolute Gasteiger partial charge is 0.333 e. The number of amides is 1. The zero-order valence-corrected chi connectivity index (χ0v) is 16.4. The molecule has 6 nitrogen and oxygen atoms in total. The van der Waals surface area contributed by atoms with Crippen molar-refractivity contribution in [3.63, 3.8) is 0 Å². The molecule has 1 aliphatic rings. The van der Waals surface area contributed by atoms with Crippen LogP contribution in [0.1, 0.15) is 28.4 Å². The number of carbonyl (C=O) groups excluding carboxylic acids is 1. The van der Waals surface area contributed by atoms with Crippen LogP contribution in [0.3, 0.4) is 0 Å². The van der Waals surface area contributed by atoms with Crippen LogP contribution in [0, 0.1) is 6.92 Å². The predicted octanol–water partition coefficient (Wildman–Crippen LogP) is 1.91. The maximum atomic E-state index is 12.9. The normalized spacial score (nSPS) is 17.7. The minimum Gasteiger partial charge on any atom is -0.333 e. The second kappa shape index (κ2) is 8.21. The minimum atomic E-state index is -3.72. The highest BCUT2D eigenvalue weighted by Gasteiger charge is 2.26. The van der Waals surface area contributed by atoms with Crippen molar-refractivity contribution in [1.29, 1.82) is 0 Å². The highest BCUT2D eigenvalue weighted by atomic mass is 32.2. The first-order chi connectivity index (χ1) is 12.9. The first kappa shape index (κ1) is 19.5. The van der Waals surface area contributed by atoms with Crippen LogP contribution in [0.25, 0.3) is 0 Å². The van der Waals surface area contributed by atoms with Gasteiger partial charge in [-0.05, 0) is 37.1 Å². The number of nitrogens with one attached hydrogen (secondary N) is 2. The highest BCUT2D eigenvalue weighted by Crippen LogP contribution is 2.20. The smallest absolute Gasteiger partial charge is 0.254 e. The lowest BCUT2D eigenvalue weighted by Crippen LogP contribution is -2.52. The number of carbonyl (C=O) groups is 1. The highest BCUT2D eigenvalue weighted by molar-refractivity contribution is 7.89. The Balaban J connectivity index is 1.82. The molecule has 2 aromatic carbocycles. The lowest BCUT2D eigenvalue weighted by atomic mass is 10.1. The monoisotopic (exact) mass is 387 g/mol. The molecule has 7 heteroatoms. The van der Waals surface area contributed by atoms with Crippen LogP contribution >= 0.6 is 0 Å². The zero-order valence-electron chi connectivity index (χ0n) is 15.6. The SMILES string of the molecule is Cc1ccc(C(=O)N2CCNC[C@H]2C)cc1S(=O)(=O)NCc1ccccc1. The Kier molecular flexibility index (Phi) is 5.94. The fourth-order valence-corrected chi connectivity index (χ4v) is 4.47. The molecule has 0 radical (unpaired) electrons. The van der Waals surface area contributed by atoms with Gasteiger partial charge in [0.15, 0.2) is 0 Å². The number of nitrogens with zero attached hydrogens (tertiary/aromatic N) is 1. The van der Waals surface area contributed by atoms with Gasteiger partial charge in [0.1, 0.15) is 0 Å². The molecule has 0 spiro atoms. The van der Waals surface area contributed by atoms with Gasteiger partial charge in [0.2, 0.25) is 10.0 Å². The van der Waals surface area contributed by atoms with E-state index in [1.807, 2.05) is 37.3 Å². The van der Waals surface area contributed by atoms with Crippen LogP contribution in [-0.2, 0) is 16.6 Å². The number of benzene rings is 2. The predicted molar refractivity (Wildman–Crippen MR) is 105 cm³/mol. The van der Waals surface area contributed by atoms with E-state index < -0.39 is 10.0 Å². The van der Waals surface area contributed by atoms with E-state index in [0.717, 1.165) is 18.7 Å². The Bertz CT molecular complexity index is 913. The van der Waals surface area contributed by atoms with E-state index >= 15 is 0 Å². The maximum Gasteiger partial charge on any atom is 0.254 e. The lowest BCUT2D eigenvalue weighted by molar-refractivity contribution is 0.0655. The van der Waals surface area contributed by atoms with Crippen molar-refractivity contribution in [2.45, 2.75) is 31.3 Å². The first-order valence-electron chi connectivity index (χ1n) is 9.04. The van der Waals surface area contributed by atoms with Crippen LogP contribution in [0.4, 0.5) is 0 Å². The van der Waals surface area contributed by atoms with Gasteiger partial charge in [0.25, 0.3) is 5.91 Å². The molecule has 1 saturated heterocycles. The number of piperazine rings is 1. The fourth-order valence-electron chi connectivity index (χ4n) is 3.18. The molecule has 1 atom stereocenters. The molecule has 3 rings (SSSR count). The molecule has 27 heavy (non-hydrogen) atoms. The van der Waals surface area contributed by atoms with Gasteiger partial charge in [-0.3, -0.25) is 4.79 Å². The molecule has 1 heterocycles. The molecule has 144 valence electrons. The summed E-state index contributed by atoms with van der Waals surface area (Å²) in [6.07, 6.45) is 0. The second-order valence-corrected chi connectivity index (χ2v) is 8.58. The van der Waals surface area contributed by atoms with E-state index in [1.165, 1.54) is 6.07 Å². The van der Waals surface area contributed by atoms with Gasteiger partial charge in [-0.2, -0.15) is 0 Å². The number of hydrogen-bond acceptors (Lipinski definition) is 4. The number of hydrogen-bond donors (Lipinski definition) is 2. The lowest BCUT2D eigenvalue weighted by Gasteiger charge is -2.34. The minimum absolute atomic E-state index is 0.0730. The third-order valence-electron chi connectivity index (χ3n) is 4.80. The molecular weight excluding hydrogens is 362 g/mol. The summed E-state index contributed by atoms with van der Waals surface area (Å²) in [5.41, 5.74) is 1.88. The molecule has 1 fully saturated rings. The van der Waals surface area contributed by atoms with Crippen molar-refractivity contribution < 1.29 is 13.2 Å². The van der Waals surface area contributed by atoms with E-state index in [0.29, 0.717) is 17.7 Å². The molecule has 0 aliphatic carbocycles. The molecular formula is C20H25N3O3S. The average Bonchev–Trinajstić information content (AvgIpc) is 2.67. The molecule has 0 bridgehead atoms. The molecule has 0 aromatic heterocycles. The fraction of sp³-hybridized carbons (Fsp3) is 0.350. The average molecular weight is 388 g/mol. The number of rotatable bonds is 5. The van der Waals surface area contributed by atoms with Crippen LogP contribution < -0.4 is 10.0 Å². The Hall–Kier alpha value is -2.22. The standard InChI is InChI=1S/C20H25N3O3S/c1-15-8-9-18(20(24)23-11-10-21-13-16(23)2)12-19(15)27(25,26)22-14-17-6-4-3-5-7-17/h3-9,12,16,21-22H,10-11,13-14H2,1-2H3/t16-/m1/s1. The Morgan fingerprint density at radius 2 is 1.96 bits per heavy atom. The van der Waals surface area contributed by atoms with Crippen LogP contribution in [0.2, 0.25) is 0 Å². The van der Waals surface area contributed by atoms with Crippen molar-refractivity contribution in [1.82, 2.24) is 14.9 Å². The molecule has 2 N–H and O–H groups in total. The van der Waals surface area contributed by atoms with Crippen molar-refractivity contribution in [3.8, 4) is 0 Å². The maximum absolute atomic E-state index is 12.9. The van der Waals surface area contributed by atoms with Gasteiger partial charge < -0.3 is 10.2 Å². The van der Waals surface area contributed by atoms with Gasteiger partial charge in [0.05, 0.1) is 4.90 Å². The van der Waals surface area contributed by atoms with Gasteiger partial charge in [-0.15, -0.1) is 0 Å². The summed E-state index contributed by atoms with van der Waals surface area (Å²) >= 11 is 0. The summed E-state index contributed by atoms with van der Waals surface area (Å²) in [6, 6.07) is 14.3. The van der Waals surface area contributed by atoms with Gasteiger partial charge in [-0.1, -0.05) is 36.4 Å². The summed E-state index contributed by atoms with van der Waals surface area (Å²) in [7, 11) is -3.72. The molecule has 0 saturated carbocycles. The molecule has 1 aliphatic heterocycles. The van der Waals surface area contributed by atoms with Gasteiger partial charge in [-0.25, -0.2) is 13.1 Å². The van der Waals surface area contributed by atoms with E-state index in [2.05, 4.69) is 10.0 Å². The summed E-state index contributed by atoms with van der Waals surface area (Å²) in [5, 5.41) is 3.25. The third-order valence-corrected chi connectivity index (χ3v) is 6.34. The first-order valence-corrected chi connectivity index (χ1v) is 10.5. The van der Waals surface area contributed by atoms with E-state index in [9.17, 15) is 13.2 Å². The van der Waals surface area contributed by atoms with Crippen molar-refractivity contribution in [2.24, 2.45) is 0 Å². The Morgan fingerprint density at radius 3 is 2.67 bits per heavy atom. The van der Waals surface area contributed by atoms with Crippen molar-refractivity contribution in [3.05, 3.63) is 65.2 Å². The molecule has 0 unspecified atom stereocenters. The zero-order chi connectivity index (χ0) is 19.4. The van der Waals surface area contributed by atoms with E-state index in [1.54, 1.807) is 24.0 Å².